The predicted molar refractivity (Wildman–Crippen MR) is 156 cm³/mol. The van der Waals surface area contributed by atoms with E-state index in [0.717, 1.165) is 35.4 Å². The number of nitrogens with one attached hydrogen (secondary N) is 1. The molecule has 39 heavy (non-hydrogen) atoms. The van der Waals surface area contributed by atoms with E-state index < -0.39 is 22.1 Å². The standard InChI is InChI=1S/C30H37ClN2O5S/c1-30(2,17-7-10-24-8-4-5-12-28(24)31)32-20-26(34)21-33(3)39(37,38)27-11-6-9-25(19-27)23-15-13-22(14-16-23)18-29(35)36/h4-6,8-9,11-16,19,26,32,34H,7,10,17-18,20-21H2,1-3H3,(H,35,36). The van der Waals surface area contributed by atoms with Crippen molar-refractivity contribution in [1.29, 1.82) is 0 Å². The summed E-state index contributed by atoms with van der Waals surface area (Å²) in [6, 6.07) is 21.4. The van der Waals surface area contributed by atoms with Gasteiger partial charge in [-0.3, -0.25) is 4.79 Å². The van der Waals surface area contributed by atoms with E-state index in [1.54, 1.807) is 42.5 Å². The lowest BCUT2D eigenvalue weighted by Crippen LogP contribution is -2.46. The normalized spacial score (nSPS) is 13.0. The van der Waals surface area contributed by atoms with Crippen LogP contribution in [0, 0.1) is 0 Å². The molecule has 0 aliphatic heterocycles. The maximum Gasteiger partial charge on any atom is 0.307 e. The molecule has 0 radical (unpaired) electrons. The molecule has 7 nitrogen and oxygen atoms in total. The van der Waals surface area contributed by atoms with Gasteiger partial charge in [-0.2, -0.15) is 4.31 Å². The van der Waals surface area contributed by atoms with Crippen LogP contribution in [0.25, 0.3) is 11.1 Å². The summed E-state index contributed by atoms with van der Waals surface area (Å²) in [6.45, 7) is 4.32. The van der Waals surface area contributed by atoms with Crippen LogP contribution in [0.5, 0.6) is 0 Å². The minimum absolute atomic E-state index is 0.0564. The Morgan fingerprint density at radius 1 is 1.03 bits per heavy atom. The molecule has 210 valence electrons. The Morgan fingerprint density at radius 2 is 1.72 bits per heavy atom. The van der Waals surface area contributed by atoms with Crippen LogP contribution in [0.4, 0.5) is 0 Å². The number of halogens is 1. The number of aryl methyl sites for hydroxylation is 1. The van der Waals surface area contributed by atoms with Gasteiger partial charge in [-0.15, -0.1) is 0 Å². The first-order chi connectivity index (χ1) is 18.4. The van der Waals surface area contributed by atoms with Crippen molar-refractivity contribution in [1.82, 2.24) is 9.62 Å². The van der Waals surface area contributed by atoms with Crippen LogP contribution < -0.4 is 5.32 Å². The molecule has 1 atom stereocenters. The molecule has 0 aromatic heterocycles. The maximum absolute atomic E-state index is 13.2. The molecule has 3 aromatic carbocycles. The number of sulfonamides is 1. The first-order valence-electron chi connectivity index (χ1n) is 12.9. The van der Waals surface area contributed by atoms with Gasteiger partial charge in [0.1, 0.15) is 0 Å². The average molecular weight is 573 g/mol. The number of carboxylic acids is 1. The quantitative estimate of drug-likeness (QED) is 0.251. The Hall–Kier alpha value is -2.75. The zero-order valence-electron chi connectivity index (χ0n) is 22.6. The van der Waals surface area contributed by atoms with Crippen molar-refractivity contribution in [3.05, 3.63) is 88.9 Å². The third kappa shape index (κ3) is 9.15. The molecule has 0 saturated heterocycles. The van der Waals surface area contributed by atoms with Gasteiger partial charge in [0.2, 0.25) is 10.0 Å². The number of aliphatic hydroxyl groups excluding tert-OH is 1. The summed E-state index contributed by atoms with van der Waals surface area (Å²) in [5.41, 5.74) is 3.02. The molecule has 0 fully saturated rings. The van der Waals surface area contributed by atoms with E-state index in [1.807, 2.05) is 24.3 Å². The van der Waals surface area contributed by atoms with E-state index >= 15 is 0 Å². The lowest BCUT2D eigenvalue weighted by Gasteiger charge is -2.29. The molecule has 1 unspecified atom stereocenters. The van der Waals surface area contributed by atoms with Crippen molar-refractivity contribution in [2.24, 2.45) is 0 Å². The van der Waals surface area contributed by atoms with Crippen LogP contribution in [0.3, 0.4) is 0 Å². The third-order valence-electron chi connectivity index (χ3n) is 6.67. The lowest BCUT2D eigenvalue weighted by atomic mass is 9.95. The summed E-state index contributed by atoms with van der Waals surface area (Å²) >= 11 is 6.25. The van der Waals surface area contributed by atoms with Crippen molar-refractivity contribution in [2.75, 3.05) is 20.1 Å². The molecule has 0 bridgehead atoms. The Labute approximate surface area is 236 Å². The van der Waals surface area contributed by atoms with Crippen LogP contribution in [-0.4, -0.2) is 60.7 Å². The Balaban J connectivity index is 1.55. The third-order valence-corrected chi connectivity index (χ3v) is 8.86. The first kappa shape index (κ1) is 30.8. The Kier molecular flexibility index (Phi) is 10.7. The molecular formula is C30H37ClN2O5S. The van der Waals surface area contributed by atoms with Gasteiger partial charge in [-0.1, -0.05) is 66.2 Å². The molecular weight excluding hydrogens is 536 g/mol. The van der Waals surface area contributed by atoms with E-state index in [-0.39, 0.29) is 29.9 Å². The summed E-state index contributed by atoms with van der Waals surface area (Å²) in [5.74, 6) is -0.909. The number of rotatable bonds is 14. The van der Waals surface area contributed by atoms with E-state index in [0.29, 0.717) is 11.1 Å². The van der Waals surface area contributed by atoms with Crippen molar-refractivity contribution in [2.45, 2.75) is 56.1 Å². The van der Waals surface area contributed by atoms with E-state index in [2.05, 4.69) is 19.2 Å². The molecule has 3 rings (SSSR count). The van der Waals surface area contributed by atoms with Crippen LogP contribution in [0.15, 0.2) is 77.7 Å². The fourth-order valence-corrected chi connectivity index (χ4v) is 5.85. The maximum atomic E-state index is 13.2. The first-order valence-corrected chi connectivity index (χ1v) is 14.7. The predicted octanol–water partition coefficient (Wildman–Crippen LogP) is 5.01. The summed E-state index contributed by atoms with van der Waals surface area (Å²) in [4.78, 5) is 11.0. The van der Waals surface area contributed by atoms with Crippen molar-refractivity contribution in [3.63, 3.8) is 0 Å². The van der Waals surface area contributed by atoms with Gasteiger partial charge in [-0.05, 0) is 73.6 Å². The van der Waals surface area contributed by atoms with Gasteiger partial charge in [0.05, 0.1) is 17.4 Å². The summed E-state index contributed by atoms with van der Waals surface area (Å²) in [7, 11) is -2.38. The van der Waals surface area contributed by atoms with Crippen molar-refractivity contribution >= 4 is 27.6 Å². The highest BCUT2D eigenvalue weighted by molar-refractivity contribution is 7.89. The largest absolute Gasteiger partial charge is 0.481 e. The van der Waals surface area contributed by atoms with E-state index in [9.17, 15) is 18.3 Å². The van der Waals surface area contributed by atoms with Gasteiger partial charge >= 0.3 is 5.97 Å². The number of aliphatic hydroxyl groups is 1. The molecule has 0 saturated carbocycles. The molecule has 0 aliphatic carbocycles. The number of likely N-dealkylation sites (N-methyl/N-ethyl adjacent to an activating group) is 1. The highest BCUT2D eigenvalue weighted by Crippen LogP contribution is 2.25. The van der Waals surface area contributed by atoms with E-state index in [4.69, 9.17) is 16.7 Å². The van der Waals surface area contributed by atoms with Gasteiger partial charge in [0.15, 0.2) is 0 Å². The summed E-state index contributed by atoms with van der Waals surface area (Å²) < 4.78 is 27.7. The van der Waals surface area contributed by atoms with Gasteiger partial charge < -0.3 is 15.5 Å². The lowest BCUT2D eigenvalue weighted by molar-refractivity contribution is -0.136. The topological polar surface area (TPSA) is 107 Å². The monoisotopic (exact) mass is 572 g/mol. The number of hydrogen-bond donors (Lipinski definition) is 3. The number of carboxylic acid groups (broad SMARTS) is 1. The van der Waals surface area contributed by atoms with Crippen molar-refractivity contribution < 1.29 is 23.4 Å². The molecule has 0 aliphatic rings. The van der Waals surface area contributed by atoms with Crippen LogP contribution >= 0.6 is 11.6 Å². The van der Waals surface area contributed by atoms with Gasteiger partial charge in [0.25, 0.3) is 0 Å². The molecule has 0 heterocycles. The SMILES string of the molecule is CN(CC(O)CNC(C)(C)CCCc1ccccc1Cl)S(=O)(=O)c1cccc(-c2ccc(CC(=O)O)cc2)c1. The van der Waals surface area contributed by atoms with Crippen LogP contribution in [-0.2, 0) is 27.7 Å². The molecule has 0 spiro atoms. The van der Waals surface area contributed by atoms with Gasteiger partial charge in [-0.25, -0.2) is 8.42 Å². The van der Waals surface area contributed by atoms with Gasteiger partial charge in [0, 0.05) is 30.7 Å². The molecule has 3 aromatic rings. The van der Waals surface area contributed by atoms with E-state index in [1.165, 1.54) is 17.4 Å². The minimum atomic E-state index is -3.84. The van der Waals surface area contributed by atoms with Crippen molar-refractivity contribution in [3.8, 4) is 11.1 Å². The second-order valence-electron chi connectivity index (χ2n) is 10.4. The average Bonchev–Trinajstić information content (AvgIpc) is 2.89. The fraction of sp³-hybridized carbons (Fsp3) is 0.367. The van der Waals surface area contributed by atoms with Crippen LogP contribution in [0.2, 0.25) is 5.02 Å². The Morgan fingerprint density at radius 3 is 2.38 bits per heavy atom. The number of aliphatic carboxylic acids is 1. The highest BCUT2D eigenvalue weighted by atomic mass is 35.5. The minimum Gasteiger partial charge on any atom is -0.481 e. The molecule has 0 amide bonds. The molecule has 9 heteroatoms. The highest BCUT2D eigenvalue weighted by Gasteiger charge is 2.25. The molecule has 3 N–H and O–H groups in total. The number of β-amino-alcohol motifs (C(OH)–C–C–N with tert-alkyl or cyclic N) is 1. The number of nitrogens with zero attached hydrogens (tertiary/aromatic N) is 1. The smallest absolute Gasteiger partial charge is 0.307 e. The van der Waals surface area contributed by atoms with Crippen LogP contribution in [0.1, 0.15) is 37.8 Å². The number of carbonyl (C=O) groups is 1. The second kappa shape index (κ2) is 13.5. The number of benzene rings is 3. The fourth-order valence-electron chi connectivity index (χ4n) is 4.37. The summed E-state index contributed by atoms with van der Waals surface area (Å²) in [6.07, 6.45) is 1.68. The zero-order valence-corrected chi connectivity index (χ0v) is 24.2. The second-order valence-corrected chi connectivity index (χ2v) is 12.9. The zero-order chi connectivity index (χ0) is 28.6. The Bertz CT molecular complexity index is 1360. The number of hydrogen-bond acceptors (Lipinski definition) is 5. The summed E-state index contributed by atoms with van der Waals surface area (Å²) in [5, 5.41) is 23.7.